The standard InChI is InChI=1S/C19H28O6/c1-8-24-17(23)14-15(21)12(13(20)10-19(14,6)7)9-11(2)16(22)25-18(3,4)5/h12,14H,2,8-10H2,1,3-7H3. The fourth-order valence-electron chi connectivity index (χ4n) is 2.97. The summed E-state index contributed by atoms with van der Waals surface area (Å²) >= 11 is 0. The zero-order chi connectivity index (χ0) is 19.6. The summed E-state index contributed by atoms with van der Waals surface area (Å²) in [6.07, 6.45) is -0.0763. The molecule has 1 saturated carbocycles. The van der Waals surface area contributed by atoms with Crippen LogP contribution in [0.4, 0.5) is 0 Å². The molecule has 25 heavy (non-hydrogen) atoms. The first-order valence-electron chi connectivity index (χ1n) is 8.44. The summed E-state index contributed by atoms with van der Waals surface area (Å²) in [6, 6.07) is 0. The first-order valence-corrected chi connectivity index (χ1v) is 8.44. The van der Waals surface area contributed by atoms with E-state index in [1.165, 1.54) is 0 Å². The van der Waals surface area contributed by atoms with Crippen LogP contribution in [-0.2, 0) is 28.7 Å². The molecule has 0 amide bonds. The second kappa shape index (κ2) is 7.50. The molecule has 1 aliphatic carbocycles. The van der Waals surface area contributed by atoms with E-state index in [4.69, 9.17) is 9.47 Å². The van der Waals surface area contributed by atoms with E-state index < -0.39 is 40.6 Å². The third kappa shape index (κ3) is 5.25. The molecule has 0 aliphatic heterocycles. The number of esters is 2. The molecule has 2 unspecified atom stereocenters. The van der Waals surface area contributed by atoms with Gasteiger partial charge in [0.15, 0.2) is 5.78 Å². The summed E-state index contributed by atoms with van der Waals surface area (Å²) < 4.78 is 10.2. The van der Waals surface area contributed by atoms with Gasteiger partial charge in [-0.2, -0.15) is 0 Å². The predicted molar refractivity (Wildman–Crippen MR) is 91.6 cm³/mol. The minimum atomic E-state index is -1.07. The Morgan fingerprint density at radius 2 is 1.80 bits per heavy atom. The Morgan fingerprint density at radius 3 is 2.28 bits per heavy atom. The van der Waals surface area contributed by atoms with Crippen LogP contribution in [-0.4, -0.2) is 35.7 Å². The molecule has 1 aliphatic rings. The topological polar surface area (TPSA) is 86.7 Å². The van der Waals surface area contributed by atoms with Crippen molar-refractivity contribution in [1.82, 2.24) is 0 Å². The molecule has 6 nitrogen and oxygen atoms in total. The minimum Gasteiger partial charge on any atom is -0.465 e. The quantitative estimate of drug-likeness (QED) is 0.429. The largest absolute Gasteiger partial charge is 0.465 e. The van der Waals surface area contributed by atoms with Crippen molar-refractivity contribution in [2.45, 2.75) is 60.0 Å². The zero-order valence-electron chi connectivity index (χ0n) is 15.9. The Kier molecular flexibility index (Phi) is 6.32. The maximum absolute atomic E-state index is 12.8. The van der Waals surface area contributed by atoms with Gasteiger partial charge >= 0.3 is 11.9 Å². The Bertz CT molecular complexity index is 594. The molecule has 1 fully saturated rings. The van der Waals surface area contributed by atoms with E-state index >= 15 is 0 Å². The van der Waals surface area contributed by atoms with Gasteiger partial charge in [-0.15, -0.1) is 0 Å². The first-order chi connectivity index (χ1) is 11.3. The van der Waals surface area contributed by atoms with E-state index in [0.717, 1.165) is 0 Å². The third-order valence-electron chi connectivity index (χ3n) is 4.09. The highest BCUT2D eigenvalue weighted by Crippen LogP contribution is 2.41. The number of hydrogen-bond donors (Lipinski definition) is 0. The third-order valence-corrected chi connectivity index (χ3v) is 4.09. The van der Waals surface area contributed by atoms with Gasteiger partial charge in [0.25, 0.3) is 0 Å². The van der Waals surface area contributed by atoms with E-state index in [9.17, 15) is 19.2 Å². The van der Waals surface area contributed by atoms with E-state index in [0.29, 0.717) is 0 Å². The lowest BCUT2D eigenvalue weighted by Gasteiger charge is -2.38. The van der Waals surface area contributed by atoms with Gasteiger partial charge in [0.05, 0.1) is 12.5 Å². The van der Waals surface area contributed by atoms with E-state index in [1.54, 1.807) is 41.5 Å². The van der Waals surface area contributed by atoms with Crippen LogP contribution in [0.2, 0.25) is 0 Å². The number of carbonyl (C=O) groups is 4. The molecule has 0 radical (unpaired) electrons. The molecule has 2 atom stereocenters. The molecule has 0 spiro atoms. The first kappa shape index (κ1) is 21.1. The molecule has 0 aromatic carbocycles. The smallest absolute Gasteiger partial charge is 0.333 e. The van der Waals surface area contributed by atoms with Crippen molar-refractivity contribution in [2.75, 3.05) is 6.61 Å². The summed E-state index contributed by atoms with van der Waals surface area (Å²) in [5, 5.41) is 0. The van der Waals surface area contributed by atoms with Crippen molar-refractivity contribution in [3.63, 3.8) is 0 Å². The molecule has 0 aromatic heterocycles. The number of carbonyl (C=O) groups excluding carboxylic acids is 4. The fourth-order valence-corrected chi connectivity index (χ4v) is 2.97. The van der Waals surface area contributed by atoms with Crippen LogP contribution in [0.5, 0.6) is 0 Å². The maximum Gasteiger partial charge on any atom is 0.333 e. The van der Waals surface area contributed by atoms with Crippen molar-refractivity contribution in [3.05, 3.63) is 12.2 Å². The lowest BCUT2D eigenvalue weighted by molar-refractivity contribution is -0.162. The normalized spacial score (nSPS) is 23.1. The molecule has 140 valence electrons. The second-order valence-corrected chi connectivity index (χ2v) is 8.08. The summed E-state index contributed by atoms with van der Waals surface area (Å²) in [5.74, 6) is -4.17. The van der Waals surface area contributed by atoms with Crippen LogP contribution in [0.15, 0.2) is 12.2 Å². The molecule has 0 N–H and O–H groups in total. The highest BCUT2D eigenvalue weighted by molar-refractivity contribution is 6.14. The van der Waals surface area contributed by atoms with Gasteiger partial charge in [-0.1, -0.05) is 20.4 Å². The summed E-state index contributed by atoms with van der Waals surface area (Å²) in [6.45, 7) is 14.0. The van der Waals surface area contributed by atoms with Gasteiger partial charge < -0.3 is 9.47 Å². The Hall–Kier alpha value is -1.98. The number of ether oxygens (including phenoxy) is 2. The zero-order valence-corrected chi connectivity index (χ0v) is 15.9. The van der Waals surface area contributed by atoms with Crippen LogP contribution in [0.1, 0.15) is 54.4 Å². The van der Waals surface area contributed by atoms with Gasteiger partial charge in [-0.3, -0.25) is 14.4 Å². The number of hydrogen-bond acceptors (Lipinski definition) is 6. The molecular weight excluding hydrogens is 324 g/mol. The molecule has 0 saturated heterocycles. The lowest BCUT2D eigenvalue weighted by Crippen LogP contribution is -2.50. The molecule has 0 heterocycles. The number of rotatable bonds is 5. The Morgan fingerprint density at radius 1 is 1.24 bits per heavy atom. The molecule has 0 aromatic rings. The Balaban J connectivity index is 2.98. The van der Waals surface area contributed by atoms with Crippen molar-refractivity contribution >= 4 is 23.5 Å². The predicted octanol–water partition coefficient (Wildman–Crippen LogP) is 2.64. The molecule has 0 bridgehead atoms. The van der Waals surface area contributed by atoms with Crippen LogP contribution in [0.3, 0.4) is 0 Å². The van der Waals surface area contributed by atoms with Crippen LogP contribution >= 0.6 is 0 Å². The van der Waals surface area contributed by atoms with Crippen LogP contribution in [0.25, 0.3) is 0 Å². The number of ketones is 2. The fraction of sp³-hybridized carbons (Fsp3) is 0.684. The summed E-state index contributed by atoms with van der Waals surface area (Å²) in [4.78, 5) is 49.5. The highest BCUT2D eigenvalue weighted by Gasteiger charge is 2.52. The summed E-state index contributed by atoms with van der Waals surface area (Å²) in [7, 11) is 0. The highest BCUT2D eigenvalue weighted by atomic mass is 16.6. The molecular formula is C19H28O6. The monoisotopic (exact) mass is 352 g/mol. The average molecular weight is 352 g/mol. The van der Waals surface area contributed by atoms with Gasteiger partial charge in [-0.25, -0.2) is 4.79 Å². The molecule has 6 heteroatoms. The van der Waals surface area contributed by atoms with Gasteiger partial charge in [0.2, 0.25) is 0 Å². The van der Waals surface area contributed by atoms with E-state index in [2.05, 4.69) is 6.58 Å². The average Bonchev–Trinajstić information content (AvgIpc) is 2.40. The SMILES string of the molecule is C=C(CC1C(=O)CC(C)(C)C(C(=O)OCC)C1=O)C(=O)OC(C)(C)C. The van der Waals surface area contributed by atoms with Gasteiger partial charge in [-0.05, 0) is 39.5 Å². The van der Waals surface area contributed by atoms with Crippen LogP contribution < -0.4 is 0 Å². The van der Waals surface area contributed by atoms with Crippen molar-refractivity contribution in [1.29, 1.82) is 0 Å². The molecule has 1 rings (SSSR count). The van der Waals surface area contributed by atoms with Crippen LogP contribution in [0, 0.1) is 17.3 Å². The summed E-state index contributed by atoms with van der Waals surface area (Å²) in [5.41, 5.74) is -1.47. The second-order valence-electron chi connectivity index (χ2n) is 8.08. The van der Waals surface area contributed by atoms with E-state index in [-0.39, 0.29) is 30.8 Å². The number of Topliss-reactive ketones (excluding diaryl/α,β-unsaturated/α-hetero) is 2. The minimum absolute atomic E-state index is 0.0453. The van der Waals surface area contributed by atoms with Crippen molar-refractivity contribution in [3.8, 4) is 0 Å². The maximum atomic E-state index is 12.8. The van der Waals surface area contributed by atoms with Gasteiger partial charge in [0, 0.05) is 12.0 Å². The lowest BCUT2D eigenvalue weighted by atomic mass is 9.63. The van der Waals surface area contributed by atoms with E-state index in [1.807, 2.05) is 0 Å². The van der Waals surface area contributed by atoms with Gasteiger partial charge in [0.1, 0.15) is 17.3 Å². The van der Waals surface area contributed by atoms with Crippen molar-refractivity contribution in [2.24, 2.45) is 17.3 Å². The Labute approximate surface area is 148 Å². The van der Waals surface area contributed by atoms with Crippen molar-refractivity contribution < 1.29 is 28.7 Å².